The van der Waals surface area contributed by atoms with Crippen LogP contribution in [0.2, 0.25) is 0 Å². The predicted octanol–water partition coefficient (Wildman–Crippen LogP) is 0.559. The Hall–Kier alpha value is -1.10. The number of ether oxygens (including phenoxy) is 2. The average Bonchev–Trinajstić information content (AvgIpc) is 2.07. The second-order valence-electron chi connectivity index (χ2n) is 3.76. The summed E-state index contributed by atoms with van der Waals surface area (Å²) in [4.78, 5) is 22.0. The standard InChI is InChI=1S/C9H14O5/c1-6(2)5-9(12)13-7(10)3-4-8(11)14-9/h6,12H,3-5H2,1-2H3. The molecular weight excluding hydrogens is 188 g/mol. The number of carbonyl (C=O) groups excluding carboxylic acids is 2. The van der Waals surface area contributed by atoms with Crippen LogP contribution in [0, 0.1) is 5.92 Å². The molecule has 5 nitrogen and oxygen atoms in total. The summed E-state index contributed by atoms with van der Waals surface area (Å²) in [7, 11) is 0. The Labute approximate surface area is 82.0 Å². The fourth-order valence-corrected chi connectivity index (χ4v) is 1.28. The van der Waals surface area contributed by atoms with E-state index in [0.717, 1.165) is 0 Å². The smallest absolute Gasteiger partial charge is 0.373 e. The number of cyclic esters (lactones) is 2. The van der Waals surface area contributed by atoms with Crippen molar-refractivity contribution in [1.29, 1.82) is 0 Å². The molecule has 0 unspecified atom stereocenters. The SMILES string of the molecule is CC(C)CC1(O)OC(=O)CCC(=O)O1. The van der Waals surface area contributed by atoms with Crippen LogP contribution in [0.1, 0.15) is 33.1 Å². The fraction of sp³-hybridized carbons (Fsp3) is 0.778. The third-order valence-electron chi connectivity index (χ3n) is 1.75. The highest BCUT2D eigenvalue weighted by molar-refractivity contribution is 5.79. The van der Waals surface area contributed by atoms with Crippen molar-refractivity contribution in [2.45, 2.75) is 39.1 Å². The molecule has 0 aromatic carbocycles. The molecule has 0 radical (unpaired) electrons. The molecule has 0 aromatic rings. The summed E-state index contributed by atoms with van der Waals surface area (Å²) in [5.41, 5.74) is 0. The summed E-state index contributed by atoms with van der Waals surface area (Å²) in [5.74, 6) is -3.24. The van der Waals surface area contributed by atoms with Crippen molar-refractivity contribution < 1.29 is 24.2 Å². The number of rotatable bonds is 2. The lowest BCUT2D eigenvalue weighted by Gasteiger charge is -2.26. The molecule has 14 heavy (non-hydrogen) atoms. The summed E-state index contributed by atoms with van der Waals surface area (Å²) < 4.78 is 9.31. The van der Waals surface area contributed by atoms with Gasteiger partial charge in [-0.25, -0.2) is 0 Å². The van der Waals surface area contributed by atoms with Gasteiger partial charge in [-0.05, 0) is 5.92 Å². The highest BCUT2D eigenvalue weighted by atomic mass is 16.8. The zero-order valence-electron chi connectivity index (χ0n) is 8.28. The van der Waals surface area contributed by atoms with Crippen LogP contribution in [0.25, 0.3) is 0 Å². The van der Waals surface area contributed by atoms with Gasteiger partial charge in [0.25, 0.3) is 0 Å². The zero-order chi connectivity index (χ0) is 10.8. The highest BCUT2D eigenvalue weighted by Gasteiger charge is 2.39. The van der Waals surface area contributed by atoms with Crippen LogP contribution >= 0.6 is 0 Å². The van der Waals surface area contributed by atoms with Gasteiger partial charge < -0.3 is 14.6 Å². The van der Waals surface area contributed by atoms with Gasteiger partial charge in [-0.1, -0.05) is 13.8 Å². The number of aliphatic hydroxyl groups is 1. The molecule has 0 saturated carbocycles. The number of hydrogen-bond acceptors (Lipinski definition) is 5. The van der Waals surface area contributed by atoms with E-state index in [-0.39, 0.29) is 25.2 Å². The van der Waals surface area contributed by atoms with E-state index >= 15 is 0 Å². The van der Waals surface area contributed by atoms with Gasteiger partial charge in [0.05, 0.1) is 19.3 Å². The minimum Gasteiger partial charge on any atom is -0.398 e. The largest absolute Gasteiger partial charge is 0.398 e. The Bertz CT molecular complexity index is 228. The van der Waals surface area contributed by atoms with Crippen LogP contribution in [0.4, 0.5) is 0 Å². The molecule has 1 aliphatic heterocycles. The van der Waals surface area contributed by atoms with E-state index in [2.05, 4.69) is 9.47 Å². The summed E-state index contributed by atoms with van der Waals surface area (Å²) in [6.07, 6.45) is 0.00293. The molecule has 1 fully saturated rings. The second kappa shape index (κ2) is 3.96. The Morgan fingerprint density at radius 1 is 1.29 bits per heavy atom. The molecule has 1 heterocycles. The summed E-state index contributed by atoms with van der Waals surface area (Å²) in [6, 6.07) is 0. The van der Waals surface area contributed by atoms with E-state index in [1.807, 2.05) is 13.8 Å². The van der Waals surface area contributed by atoms with Crippen LogP contribution in [0.3, 0.4) is 0 Å². The van der Waals surface area contributed by atoms with Crippen molar-refractivity contribution in [3.8, 4) is 0 Å². The molecule has 1 saturated heterocycles. The van der Waals surface area contributed by atoms with Crippen molar-refractivity contribution in [1.82, 2.24) is 0 Å². The Morgan fingerprint density at radius 2 is 1.71 bits per heavy atom. The lowest BCUT2D eigenvalue weighted by molar-refractivity contribution is -0.326. The Kier molecular flexibility index (Phi) is 3.10. The van der Waals surface area contributed by atoms with Gasteiger partial charge in [-0.3, -0.25) is 9.59 Å². The molecule has 0 amide bonds. The van der Waals surface area contributed by atoms with Gasteiger partial charge in [0.2, 0.25) is 0 Å². The third kappa shape index (κ3) is 2.99. The van der Waals surface area contributed by atoms with E-state index in [1.54, 1.807) is 0 Å². The fourth-order valence-electron chi connectivity index (χ4n) is 1.28. The van der Waals surface area contributed by atoms with Crippen molar-refractivity contribution in [3.05, 3.63) is 0 Å². The van der Waals surface area contributed by atoms with E-state index in [0.29, 0.717) is 0 Å². The molecule has 0 bridgehead atoms. The van der Waals surface area contributed by atoms with Crippen LogP contribution in [-0.4, -0.2) is 23.0 Å². The third-order valence-corrected chi connectivity index (χ3v) is 1.75. The molecule has 1 rings (SSSR count). The number of hydrogen-bond donors (Lipinski definition) is 1. The number of carbonyl (C=O) groups is 2. The van der Waals surface area contributed by atoms with Gasteiger partial charge in [0.1, 0.15) is 0 Å². The molecular formula is C9H14O5. The average molecular weight is 202 g/mol. The van der Waals surface area contributed by atoms with Crippen molar-refractivity contribution in [2.24, 2.45) is 5.92 Å². The lowest BCUT2D eigenvalue weighted by atomic mass is 10.1. The maximum Gasteiger partial charge on any atom is 0.373 e. The van der Waals surface area contributed by atoms with Crippen molar-refractivity contribution in [2.75, 3.05) is 0 Å². The zero-order valence-corrected chi connectivity index (χ0v) is 8.28. The van der Waals surface area contributed by atoms with Gasteiger partial charge in [0, 0.05) is 0 Å². The lowest BCUT2D eigenvalue weighted by Crippen LogP contribution is -2.39. The summed E-state index contributed by atoms with van der Waals surface area (Å²) in [5, 5.41) is 9.68. The van der Waals surface area contributed by atoms with E-state index in [1.165, 1.54) is 0 Å². The molecule has 80 valence electrons. The first-order chi connectivity index (χ1) is 6.41. The van der Waals surface area contributed by atoms with Gasteiger partial charge in [-0.2, -0.15) is 0 Å². The quantitative estimate of drug-likeness (QED) is 0.662. The van der Waals surface area contributed by atoms with Crippen molar-refractivity contribution in [3.63, 3.8) is 0 Å². The molecule has 0 aliphatic carbocycles. The molecule has 0 atom stereocenters. The minimum atomic E-state index is -2.07. The second-order valence-corrected chi connectivity index (χ2v) is 3.76. The first kappa shape index (κ1) is 11.0. The molecule has 1 aliphatic rings. The maximum absolute atomic E-state index is 11.0. The maximum atomic E-state index is 11.0. The van der Waals surface area contributed by atoms with Crippen molar-refractivity contribution >= 4 is 11.9 Å². The first-order valence-corrected chi connectivity index (χ1v) is 4.57. The summed E-state index contributed by atoms with van der Waals surface area (Å²) in [6.45, 7) is 3.65. The van der Waals surface area contributed by atoms with Gasteiger partial charge in [0.15, 0.2) is 0 Å². The topological polar surface area (TPSA) is 72.8 Å². The monoisotopic (exact) mass is 202 g/mol. The first-order valence-electron chi connectivity index (χ1n) is 4.57. The Morgan fingerprint density at radius 3 is 2.07 bits per heavy atom. The Balaban J connectivity index is 2.72. The minimum absolute atomic E-state index is 0.0424. The van der Waals surface area contributed by atoms with Crippen LogP contribution in [-0.2, 0) is 19.1 Å². The normalized spacial score (nSPS) is 21.4. The van der Waals surface area contributed by atoms with E-state index in [4.69, 9.17) is 0 Å². The highest BCUT2D eigenvalue weighted by Crippen LogP contribution is 2.24. The van der Waals surface area contributed by atoms with Gasteiger partial charge in [-0.15, -0.1) is 0 Å². The number of esters is 2. The molecule has 5 heteroatoms. The molecule has 0 spiro atoms. The van der Waals surface area contributed by atoms with Crippen LogP contribution in [0.15, 0.2) is 0 Å². The molecule has 0 aromatic heterocycles. The molecule has 1 N–H and O–H groups in total. The van der Waals surface area contributed by atoms with Crippen LogP contribution < -0.4 is 0 Å². The van der Waals surface area contributed by atoms with E-state index in [9.17, 15) is 14.7 Å². The van der Waals surface area contributed by atoms with Crippen LogP contribution in [0.5, 0.6) is 0 Å². The predicted molar refractivity (Wildman–Crippen MR) is 45.8 cm³/mol. The van der Waals surface area contributed by atoms with E-state index < -0.39 is 17.9 Å². The van der Waals surface area contributed by atoms with Gasteiger partial charge >= 0.3 is 17.9 Å². The summed E-state index contributed by atoms with van der Waals surface area (Å²) >= 11 is 0.